The lowest BCUT2D eigenvalue weighted by molar-refractivity contribution is -0.142. The second-order valence-electron chi connectivity index (χ2n) is 7.17. The Bertz CT molecular complexity index is 1020. The minimum Gasteiger partial charge on any atom is -0.493 e. The topological polar surface area (TPSA) is 59.0 Å². The van der Waals surface area contributed by atoms with Crippen LogP contribution in [-0.2, 0) is 4.79 Å². The Morgan fingerprint density at radius 1 is 1.28 bits per heavy atom. The van der Waals surface area contributed by atoms with Crippen LogP contribution in [0.15, 0.2) is 47.8 Å². The van der Waals surface area contributed by atoms with Crippen LogP contribution in [-0.4, -0.2) is 42.3 Å². The molecule has 1 saturated heterocycles. The van der Waals surface area contributed by atoms with E-state index in [0.717, 1.165) is 24.1 Å². The predicted molar refractivity (Wildman–Crippen MR) is 115 cm³/mol. The second kappa shape index (κ2) is 8.43. The Labute approximate surface area is 174 Å². The molecule has 1 fully saturated rings. The van der Waals surface area contributed by atoms with E-state index in [9.17, 15) is 9.90 Å². The number of ether oxygens (including phenoxy) is 2. The molecule has 2 unspecified atom stereocenters. The molecule has 0 spiro atoms. The van der Waals surface area contributed by atoms with Crippen molar-refractivity contribution in [3.63, 3.8) is 0 Å². The number of methoxy groups -OCH3 is 1. The highest BCUT2D eigenvalue weighted by atomic mass is 32.1. The van der Waals surface area contributed by atoms with Crippen LogP contribution in [0.5, 0.6) is 11.5 Å². The van der Waals surface area contributed by atoms with Crippen LogP contribution in [0.2, 0.25) is 0 Å². The van der Waals surface area contributed by atoms with E-state index in [1.165, 1.54) is 10.1 Å². The van der Waals surface area contributed by atoms with Crippen LogP contribution in [0, 0.1) is 0 Å². The molecule has 3 aromatic rings. The maximum absolute atomic E-state index is 12.0. The molecule has 0 amide bonds. The molecule has 4 rings (SSSR count). The fraction of sp³-hybridized carbons (Fsp3) is 0.348. The minimum atomic E-state index is -0.759. The highest BCUT2D eigenvalue weighted by Gasteiger charge is 2.38. The number of carboxylic acids is 1. The molecule has 1 aliphatic rings. The molecular weight excluding hydrogens is 386 g/mol. The summed E-state index contributed by atoms with van der Waals surface area (Å²) in [7, 11) is 1.63. The van der Waals surface area contributed by atoms with Crippen molar-refractivity contribution >= 4 is 27.4 Å². The SMILES string of the molecule is CCOc1ccc(C(c2csc3ccccc23)N2CCCC2C(=O)O)cc1OC. The van der Waals surface area contributed by atoms with Gasteiger partial charge < -0.3 is 14.6 Å². The van der Waals surface area contributed by atoms with Crippen LogP contribution < -0.4 is 9.47 Å². The lowest BCUT2D eigenvalue weighted by Crippen LogP contribution is -2.39. The Kier molecular flexibility index (Phi) is 5.74. The van der Waals surface area contributed by atoms with Crippen LogP contribution >= 0.6 is 11.3 Å². The standard InChI is InChI=1S/C23H25NO4S/c1-3-28-19-11-10-15(13-20(19)27-2)22(24-12-6-8-18(24)23(25)26)17-14-29-21-9-5-4-7-16(17)21/h4-5,7,9-11,13-14,18,22H,3,6,8,12H2,1-2H3,(H,25,26). The lowest BCUT2D eigenvalue weighted by Gasteiger charge is -2.32. The van der Waals surface area contributed by atoms with E-state index in [1.54, 1.807) is 18.4 Å². The number of aliphatic carboxylic acids is 1. The summed E-state index contributed by atoms with van der Waals surface area (Å²) >= 11 is 1.70. The molecule has 6 heteroatoms. The zero-order chi connectivity index (χ0) is 20.4. The van der Waals surface area contributed by atoms with E-state index in [0.29, 0.717) is 24.5 Å². The number of fused-ring (bicyclic) bond motifs is 1. The number of rotatable bonds is 7. The first-order valence-electron chi connectivity index (χ1n) is 9.89. The Balaban J connectivity index is 1.86. The van der Waals surface area contributed by atoms with Gasteiger partial charge in [0.1, 0.15) is 6.04 Å². The quantitative estimate of drug-likeness (QED) is 0.596. The van der Waals surface area contributed by atoms with Gasteiger partial charge in [0.2, 0.25) is 0 Å². The average Bonchev–Trinajstić information content (AvgIpc) is 3.38. The van der Waals surface area contributed by atoms with E-state index >= 15 is 0 Å². The Morgan fingerprint density at radius 2 is 2.10 bits per heavy atom. The largest absolute Gasteiger partial charge is 0.493 e. The van der Waals surface area contributed by atoms with Gasteiger partial charge in [-0.05, 0) is 59.9 Å². The fourth-order valence-electron chi connectivity index (χ4n) is 4.25. The number of nitrogens with zero attached hydrogens (tertiary/aromatic N) is 1. The van der Waals surface area contributed by atoms with Gasteiger partial charge in [-0.25, -0.2) is 0 Å². The summed E-state index contributed by atoms with van der Waals surface area (Å²) in [6, 6.07) is 13.6. The lowest BCUT2D eigenvalue weighted by atomic mass is 9.95. The minimum absolute atomic E-state index is 0.153. The van der Waals surface area contributed by atoms with Crippen molar-refractivity contribution in [1.29, 1.82) is 0 Å². The van der Waals surface area contributed by atoms with Crippen molar-refractivity contribution in [2.45, 2.75) is 31.8 Å². The number of thiophene rings is 1. The van der Waals surface area contributed by atoms with Gasteiger partial charge in [-0.3, -0.25) is 9.69 Å². The van der Waals surface area contributed by atoms with Crippen molar-refractivity contribution in [3.05, 3.63) is 59.0 Å². The number of hydrogen-bond acceptors (Lipinski definition) is 5. The molecule has 29 heavy (non-hydrogen) atoms. The van der Waals surface area contributed by atoms with Crippen LogP contribution in [0.1, 0.15) is 36.9 Å². The van der Waals surface area contributed by atoms with Gasteiger partial charge in [-0.1, -0.05) is 24.3 Å². The number of hydrogen-bond donors (Lipinski definition) is 1. The van der Waals surface area contributed by atoms with Gasteiger partial charge in [0.15, 0.2) is 11.5 Å². The first kappa shape index (κ1) is 19.7. The smallest absolute Gasteiger partial charge is 0.320 e. The third-order valence-electron chi connectivity index (χ3n) is 5.52. The highest BCUT2D eigenvalue weighted by molar-refractivity contribution is 7.17. The van der Waals surface area contributed by atoms with Gasteiger partial charge >= 0.3 is 5.97 Å². The summed E-state index contributed by atoms with van der Waals surface area (Å²) in [6.07, 6.45) is 1.55. The highest BCUT2D eigenvalue weighted by Crippen LogP contribution is 2.42. The summed E-state index contributed by atoms with van der Waals surface area (Å²) in [5, 5.41) is 13.2. The van der Waals surface area contributed by atoms with Crippen LogP contribution in [0.25, 0.3) is 10.1 Å². The third-order valence-corrected chi connectivity index (χ3v) is 6.50. The van der Waals surface area contributed by atoms with E-state index < -0.39 is 12.0 Å². The van der Waals surface area contributed by atoms with Gasteiger partial charge in [-0.2, -0.15) is 0 Å². The maximum atomic E-state index is 12.0. The monoisotopic (exact) mass is 411 g/mol. The molecule has 5 nitrogen and oxygen atoms in total. The van der Waals surface area contributed by atoms with E-state index in [-0.39, 0.29) is 6.04 Å². The first-order valence-corrected chi connectivity index (χ1v) is 10.8. The number of carbonyl (C=O) groups is 1. The second-order valence-corrected chi connectivity index (χ2v) is 8.08. The first-order chi connectivity index (χ1) is 14.1. The van der Waals surface area contributed by atoms with E-state index in [4.69, 9.17) is 9.47 Å². The molecule has 1 aromatic heterocycles. The van der Waals surface area contributed by atoms with Gasteiger partial charge in [0.05, 0.1) is 19.8 Å². The molecule has 1 aliphatic heterocycles. The summed E-state index contributed by atoms with van der Waals surface area (Å²) in [5.41, 5.74) is 2.16. The van der Waals surface area contributed by atoms with Gasteiger partial charge in [0.25, 0.3) is 0 Å². The fourth-order valence-corrected chi connectivity index (χ4v) is 5.23. The van der Waals surface area contributed by atoms with Crippen molar-refractivity contribution in [3.8, 4) is 11.5 Å². The number of carboxylic acid groups (broad SMARTS) is 1. The molecule has 0 radical (unpaired) electrons. The average molecular weight is 412 g/mol. The Hall–Kier alpha value is -2.57. The molecule has 2 aromatic carbocycles. The van der Waals surface area contributed by atoms with E-state index in [2.05, 4.69) is 22.4 Å². The molecule has 0 bridgehead atoms. The molecule has 1 N–H and O–H groups in total. The molecule has 152 valence electrons. The van der Waals surface area contributed by atoms with Gasteiger partial charge in [-0.15, -0.1) is 11.3 Å². The van der Waals surface area contributed by atoms with Crippen LogP contribution in [0.3, 0.4) is 0 Å². The maximum Gasteiger partial charge on any atom is 0.320 e. The molecule has 0 saturated carbocycles. The molecule has 2 atom stereocenters. The normalized spacial score (nSPS) is 18.1. The molecular formula is C23H25NO4S. The van der Waals surface area contributed by atoms with Crippen molar-refractivity contribution in [2.24, 2.45) is 0 Å². The summed E-state index contributed by atoms with van der Waals surface area (Å²) < 4.78 is 12.5. The molecule has 0 aliphatic carbocycles. The zero-order valence-electron chi connectivity index (χ0n) is 16.6. The summed E-state index contributed by atoms with van der Waals surface area (Å²) in [5.74, 6) is 0.605. The van der Waals surface area contributed by atoms with E-state index in [1.807, 2.05) is 37.3 Å². The Morgan fingerprint density at radius 3 is 2.86 bits per heavy atom. The predicted octanol–water partition coefficient (Wildman–Crippen LogP) is 4.95. The number of benzene rings is 2. The van der Waals surface area contributed by atoms with Crippen molar-refractivity contribution in [1.82, 2.24) is 4.90 Å². The van der Waals surface area contributed by atoms with Gasteiger partial charge in [0, 0.05) is 11.2 Å². The number of likely N-dealkylation sites (tertiary alicyclic amines) is 1. The third kappa shape index (κ3) is 3.70. The van der Waals surface area contributed by atoms with Crippen molar-refractivity contribution in [2.75, 3.05) is 20.3 Å². The molecule has 2 heterocycles. The zero-order valence-corrected chi connectivity index (χ0v) is 17.4. The van der Waals surface area contributed by atoms with Crippen LogP contribution in [0.4, 0.5) is 0 Å². The summed E-state index contributed by atoms with van der Waals surface area (Å²) in [6.45, 7) is 3.25. The van der Waals surface area contributed by atoms with Crippen molar-refractivity contribution < 1.29 is 19.4 Å². The summed E-state index contributed by atoms with van der Waals surface area (Å²) in [4.78, 5) is 14.1.